The molecule has 1 aromatic heterocycles. The van der Waals surface area contributed by atoms with Gasteiger partial charge in [-0.2, -0.15) is 4.98 Å². The van der Waals surface area contributed by atoms with Gasteiger partial charge in [-0.05, 0) is 53.8 Å². The fourth-order valence-corrected chi connectivity index (χ4v) is 3.90. The monoisotopic (exact) mass is 578 g/mol. The Morgan fingerprint density at radius 3 is 2.26 bits per heavy atom. The van der Waals surface area contributed by atoms with Crippen LogP contribution in [0.4, 0.5) is 4.39 Å². The number of rotatable bonds is 6. The van der Waals surface area contributed by atoms with Gasteiger partial charge in [0.2, 0.25) is 0 Å². The number of carbonyl (C=O) groups excluding carboxylic acids is 2. The lowest BCUT2D eigenvalue weighted by molar-refractivity contribution is -0.0592. The molecule has 1 aliphatic rings. The number of ether oxygens (including phenoxy) is 3. The van der Waals surface area contributed by atoms with Gasteiger partial charge in [-0.1, -0.05) is 36.4 Å². The van der Waals surface area contributed by atoms with E-state index in [0.29, 0.717) is 14.8 Å². The molecule has 0 spiro atoms. The number of benzene rings is 2. The highest BCUT2D eigenvalue weighted by atomic mass is 127. The predicted octanol–water partition coefficient (Wildman–Crippen LogP) is 3.47. The summed E-state index contributed by atoms with van der Waals surface area (Å²) in [5, 5.41) is 0. The van der Waals surface area contributed by atoms with Crippen LogP contribution in [0.5, 0.6) is 0 Å². The molecule has 0 radical (unpaired) electrons. The van der Waals surface area contributed by atoms with Crippen LogP contribution in [0.15, 0.2) is 71.7 Å². The first-order valence-corrected chi connectivity index (χ1v) is 11.5. The molecule has 4 unspecified atom stereocenters. The van der Waals surface area contributed by atoms with Crippen LogP contribution in [0, 0.1) is 10.5 Å². The fourth-order valence-electron chi connectivity index (χ4n) is 3.48. The number of esters is 2. The van der Waals surface area contributed by atoms with Crippen LogP contribution >= 0.6 is 22.6 Å². The minimum Gasteiger partial charge on any atom is -0.459 e. The average Bonchev–Trinajstić information content (AvgIpc) is 3.15. The molecule has 0 N–H and O–H groups in total. The highest BCUT2D eigenvalue weighted by molar-refractivity contribution is 14.1. The number of carbonyl (C=O) groups is 2. The zero-order chi connectivity index (χ0) is 24.2. The molecule has 8 nitrogen and oxygen atoms in total. The van der Waals surface area contributed by atoms with Crippen molar-refractivity contribution in [1.82, 2.24) is 9.55 Å². The Kier molecular flexibility index (Phi) is 7.37. The van der Waals surface area contributed by atoms with E-state index in [1.165, 1.54) is 18.3 Å². The molecule has 176 valence electrons. The Labute approximate surface area is 207 Å². The van der Waals surface area contributed by atoms with Gasteiger partial charge in [0.15, 0.2) is 18.5 Å². The molecule has 4 rings (SSSR count). The summed E-state index contributed by atoms with van der Waals surface area (Å²) >= 11 is 1.98. The molecule has 0 aliphatic carbocycles. The summed E-state index contributed by atoms with van der Waals surface area (Å²) in [5.74, 6) is -1.40. The van der Waals surface area contributed by atoms with E-state index in [2.05, 4.69) is 4.98 Å². The Morgan fingerprint density at radius 1 is 1.06 bits per heavy atom. The minimum atomic E-state index is -1.91. The van der Waals surface area contributed by atoms with Crippen molar-refractivity contribution in [2.24, 2.45) is 0 Å². The number of aromatic nitrogens is 2. The van der Waals surface area contributed by atoms with Gasteiger partial charge in [0.1, 0.15) is 12.7 Å². The molecule has 0 bridgehead atoms. The summed E-state index contributed by atoms with van der Waals surface area (Å²) in [7, 11) is 0. The average molecular weight is 578 g/mol. The van der Waals surface area contributed by atoms with Gasteiger partial charge in [-0.25, -0.2) is 18.8 Å². The van der Waals surface area contributed by atoms with Gasteiger partial charge in [-0.3, -0.25) is 4.57 Å². The van der Waals surface area contributed by atoms with E-state index in [1.807, 2.05) is 22.6 Å². The van der Waals surface area contributed by atoms with Gasteiger partial charge in [0.05, 0.1) is 20.4 Å². The molecular weight excluding hydrogens is 558 g/mol. The van der Waals surface area contributed by atoms with Gasteiger partial charge < -0.3 is 14.2 Å². The topological polar surface area (TPSA) is 96.7 Å². The van der Waals surface area contributed by atoms with Crippen LogP contribution < -0.4 is 5.69 Å². The molecule has 4 atom stereocenters. The van der Waals surface area contributed by atoms with Crippen molar-refractivity contribution in [3.63, 3.8) is 0 Å². The second-order valence-corrected chi connectivity index (χ2v) is 8.74. The normalized spacial score (nSPS) is 21.7. The smallest absolute Gasteiger partial charge is 0.350 e. The van der Waals surface area contributed by atoms with Crippen molar-refractivity contribution < 1.29 is 28.2 Å². The molecule has 1 saturated heterocycles. The number of hydrogen-bond donors (Lipinski definition) is 0. The zero-order valence-electron chi connectivity index (χ0n) is 18.0. The van der Waals surface area contributed by atoms with E-state index in [0.717, 1.165) is 4.57 Å². The van der Waals surface area contributed by atoms with Crippen molar-refractivity contribution in [2.45, 2.75) is 31.5 Å². The molecule has 2 heterocycles. The van der Waals surface area contributed by atoms with Crippen molar-refractivity contribution in [3.05, 3.63) is 97.7 Å². The van der Waals surface area contributed by atoms with Crippen LogP contribution in [0.3, 0.4) is 0 Å². The summed E-state index contributed by atoms with van der Waals surface area (Å²) in [5.41, 5.74) is 0.318. The third-order valence-electron chi connectivity index (χ3n) is 5.26. The summed E-state index contributed by atoms with van der Waals surface area (Å²) in [6.07, 6.45) is -4.47. The van der Waals surface area contributed by atoms with Crippen LogP contribution in [0.1, 0.15) is 32.6 Å². The molecule has 1 fully saturated rings. The molecule has 3 aromatic rings. The predicted molar refractivity (Wildman–Crippen MR) is 127 cm³/mol. The van der Waals surface area contributed by atoms with Crippen LogP contribution in [-0.4, -0.2) is 46.5 Å². The Balaban J connectivity index is 1.58. The lowest BCUT2D eigenvalue weighted by Crippen LogP contribution is -2.38. The summed E-state index contributed by atoms with van der Waals surface area (Å²) in [4.78, 5) is 41.3. The van der Waals surface area contributed by atoms with Crippen molar-refractivity contribution >= 4 is 34.5 Å². The summed E-state index contributed by atoms with van der Waals surface area (Å²) in [6.45, 7) is 1.27. The quantitative estimate of drug-likeness (QED) is 0.327. The van der Waals surface area contributed by atoms with E-state index in [-0.39, 0.29) is 12.2 Å². The third-order valence-corrected chi connectivity index (χ3v) is 6.32. The molecule has 10 heteroatoms. The number of alkyl halides is 1. The van der Waals surface area contributed by atoms with E-state index >= 15 is 4.39 Å². The molecule has 2 aromatic carbocycles. The van der Waals surface area contributed by atoms with E-state index in [9.17, 15) is 14.4 Å². The van der Waals surface area contributed by atoms with Crippen molar-refractivity contribution in [1.29, 1.82) is 0 Å². The Bertz CT molecular complexity index is 1240. The maximum absolute atomic E-state index is 15.6. The first-order valence-electron chi connectivity index (χ1n) is 10.4. The number of halogens is 2. The number of aryl methyl sites for hydroxylation is 1. The van der Waals surface area contributed by atoms with E-state index in [1.54, 1.807) is 55.5 Å². The number of nitrogens with zero attached hydrogens (tertiary/aromatic N) is 2. The van der Waals surface area contributed by atoms with Gasteiger partial charge >= 0.3 is 17.6 Å². The van der Waals surface area contributed by atoms with Crippen LogP contribution in [0.25, 0.3) is 0 Å². The number of hydrogen-bond acceptors (Lipinski definition) is 7. The largest absolute Gasteiger partial charge is 0.459 e. The van der Waals surface area contributed by atoms with E-state index < -0.39 is 42.2 Å². The maximum Gasteiger partial charge on any atom is 0.350 e. The van der Waals surface area contributed by atoms with Crippen molar-refractivity contribution in [2.75, 3.05) is 6.61 Å². The van der Waals surface area contributed by atoms with Gasteiger partial charge in [-0.15, -0.1) is 0 Å². The fraction of sp³-hybridized carbons (Fsp3) is 0.250. The highest BCUT2D eigenvalue weighted by Gasteiger charge is 2.49. The van der Waals surface area contributed by atoms with Crippen LogP contribution in [0.2, 0.25) is 0 Å². The SMILES string of the molecule is Cc1nc(=O)n(C2OC(COC(=O)c3ccccc3)C(OC(=O)c3ccccc3)C2F)cc1I. The van der Waals surface area contributed by atoms with Crippen LogP contribution in [-0.2, 0) is 14.2 Å². The second-order valence-electron chi connectivity index (χ2n) is 7.57. The Hall–Kier alpha value is -3.12. The molecule has 0 amide bonds. The lowest BCUT2D eigenvalue weighted by Gasteiger charge is -2.19. The van der Waals surface area contributed by atoms with Gasteiger partial charge in [0.25, 0.3) is 0 Å². The standard InChI is InChI=1S/C24H20FIN2O6/c1-14-17(26)12-28(24(31)27-14)21-19(25)20(34-23(30)16-10-6-3-7-11-16)18(33-21)13-32-22(29)15-8-4-2-5-9-15/h2-12,18-21H,13H2,1H3. The van der Waals surface area contributed by atoms with Crippen molar-refractivity contribution in [3.8, 4) is 0 Å². The minimum absolute atomic E-state index is 0.224. The highest BCUT2D eigenvalue weighted by Crippen LogP contribution is 2.34. The summed E-state index contributed by atoms with van der Waals surface area (Å²) in [6, 6.07) is 16.4. The second kappa shape index (κ2) is 10.4. The third kappa shape index (κ3) is 5.17. The van der Waals surface area contributed by atoms with Gasteiger partial charge in [0, 0.05) is 6.20 Å². The molecule has 34 heavy (non-hydrogen) atoms. The molecule has 0 saturated carbocycles. The Morgan fingerprint density at radius 2 is 1.65 bits per heavy atom. The first-order chi connectivity index (χ1) is 16.3. The molecule has 1 aliphatic heterocycles. The zero-order valence-corrected chi connectivity index (χ0v) is 20.1. The molecular formula is C24H20FIN2O6. The maximum atomic E-state index is 15.6. The summed E-state index contributed by atoms with van der Waals surface area (Å²) < 4.78 is 33.7. The lowest BCUT2D eigenvalue weighted by atomic mass is 10.1. The first kappa shape index (κ1) is 24.0. The van der Waals surface area contributed by atoms with E-state index in [4.69, 9.17) is 14.2 Å².